The number of H-pyrrole nitrogens is 1. The number of carbonyl (C=O) groups excluding carboxylic acids is 1. The molecule has 0 atom stereocenters. The Bertz CT molecular complexity index is 1220. The average molecular weight is 502 g/mol. The molecule has 0 unspecified atom stereocenters. The van der Waals surface area contributed by atoms with E-state index in [0.717, 1.165) is 27.4 Å². The minimum absolute atomic E-state index is 0.160. The second-order valence-electron chi connectivity index (χ2n) is 7.80. The normalized spacial score (nSPS) is 12.0. The summed E-state index contributed by atoms with van der Waals surface area (Å²) in [6.07, 6.45) is 4.19. The van der Waals surface area contributed by atoms with Gasteiger partial charge in [-0.05, 0) is 31.9 Å². The zero-order chi connectivity index (χ0) is 20.8. The van der Waals surface area contributed by atoms with Crippen molar-refractivity contribution in [3.63, 3.8) is 0 Å². The Morgan fingerprint density at radius 1 is 1.34 bits per heavy atom. The summed E-state index contributed by atoms with van der Waals surface area (Å²) < 4.78 is 2.80. The Morgan fingerprint density at radius 3 is 2.86 bits per heavy atom. The molecule has 0 aliphatic carbocycles. The van der Waals surface area contributed by atoms with E-state index in [4.69, 9.17) is 4.98 Å². The summed E-state index contributed by atoms with van der Waals surface area (Å²) in [5.74, 6) is -0.160. The predicted molar refractivity (Wildman–Crippen MR) is 123 cm³/mol. The fourth-order valence-electron chi connectivity index (χ4n) is 3.22. The van der Waals surface area contributed by atoms with Gasteiger partial charge in [0, 0.05) is 28.6 Å². The standard InChI is InChI=1S/C21H23IN6O/c1-5-21(2,3)26-20(29)14-10-23-19-18(14)25-15(11-24-19)17-13-7-6-12(9-22)8-16(13)28(4)27-17/h6-8,10-11H,5,9H2,1-4H3,(H,23,24)(H,26,29). The molecule has 0 bridgehead atoms. The van der Waals surface area contributed by atoms with Crippen molar-refractivity contribution in [2.75, 3.05) is 0 Å². The van der Waals surface area contributed by atoms with Gasteiger partial charge in [-0.25, -0.2) is 9.97 Å². The molecule has 8 heteroatoms. The smallest absolute Gasteiger partial charge is 0.255 e. The number of hydrogen-bond donors (Lipinski definition) is 2. The lowest BCUT2D eigenvalue weighted by atomic mass is 10.0. The van der Waals surface area contributed by atoms with Crippen LogP contribution in [0.15, 0.2) is 30.6 Å². The van der Waals surface area contributed by atoms with Crippen LogP contribution in [0.4, 0.5) is 0 Å². The van der Waals surface area contributed by atoms with Crippen LogP contribution in [-0.4, -0.2) is 36.2 Å². The second-order valence-corrected chi connectivity index (χ2v) is 8.57. The second kappa shape index (κ2) is 7.40. The third-order valence-corrected chi connectivity index (χ3v) is 6.15. The lowest BCUT2D eigenvalue weighted by molar-refractivity contribution is 0.0913. The van der Waals surface area contributed by atoms with Crippen molar-refractivity contribution in [3.05, 3.63) is 41.7 Å². The molecule has 0 radical (unpaired) electrons. The molecule has 0 saturated carbocycles. The van der Waals surface area contributed by atoms with Gasteiger partial charge in [0.05, 0.1) is 17.3 Å². The largest absolute Gasteiger partial charge is 0.347 e. The maximum Gasteiger partial charge on any atom is 0.255 e. The van der Waals surface area contributed by atoms with Crippen LogP contribution in [0.1, 0.15) is 43.1 Å². The van der Waals surface area contributed by atoms with Crippen LogP contribution in [-0.2, 0) is 11.5 Å². The maximum absolute atomic E-state index is 12.8. The van der Waals surface area contributed by atoms with Crippen molar-refractivity contribution in [2.45, 2.75) is 37.2 Å². The molecule has 0 spiro atoms. The number of benzene rings is 1. The number of nitrogens with zero attached hydrogens (tertiary/aromatic N) is 4. The molecule has 0 aliphatic heterocycles. The van der Waals surface area contributed by atoms with Crippen LogP contribution in [0.3, 0.4) is 0 Å². The van der Waals surface area contributed by atoms with Gasteiger partial charge in [-0.15, -0.1) is 0 Å². The molecule has 4 aromatic rings. The molecular weight excluding hydrogens is 479 g/mol. The monoisotopic (exact) mass is 502 g/mol. The minimum atomic E-state index is -0.292. The van der Waals surface area contributed by atoms with Gasteiger partial charge in [0.25, 0.3) is 5.91 Å². The number of hydrogen-bond acceptors (Lipinski definition) is 4. The number of halogens is 1. The first-order chi connectivity index (χ1) is 13.8. The zero-order valence-corrected chi connectivity index (χ0v) is 19.0. The first-order valence-electron chi connectivity index (χ1n) is 9.51. The third kappa shape index (κ3) is 3.61. The Kier molecular flexibility index (Phi) is 5.05. The van der Waals surface area contributed by atoms with Crippen LogP contribution in [0.2, 0.25) is 0 Å². The Hall–Kier alpha value is -2.49. The van der Waals surface area contributed by atoms with Crippen molar-refractivity contribution in [3.8, 4) is 11.4 Å². The van der Waals surface area contributed by atoms with Crippen LogP contribution < -0.4 is 5.32 Å². The molecule has 0 fully saturated rings. The molecule has 2 N–H and O–H groups in total. The highest BCUT2D eigenvalue weighted by Gasteiger charge is 2.23. The Labute approximate surface area is 182 Å². The summed E-state index contributed by atoms with van der Waals surface area (Å²) in [5, 5.41) is 8.75. The van der Waals surface area contributed by atoms with Gasteiger partial charge in [0.1, 0.15) is 16.9 Å². The lowest BCUT2D eigenvalue weighted by Gasteiger charge is -2.24. The first-order valence-corrected chi connectivity index (χ1v) is 11.0. The van der Waals surface area contributed by atoms with Gasteiger partial charge in [-0.1, -0.05) is 41.6 Å². The summed E-state index contributed by atoms with van der Waals surface area (Å²) in [6.45, 7) is 6.05. The number of aromatic amines is 1. The highest BCUT2D eigenvalue weighted by Crippen LogP contribution is 2.29. The summed E-state index contributed by atoms with van der Waals surface area (Å²) >= 11 is 2.35. The average Bonchev–Trinajstić information content (AvgIpc) is 3.28. The van der Waals surface area contributed by atoms with Gasteiger partial charge < -0.3 is 10.3 Å². The number of nitrogens with one attached hydrogen (secondary N) is 2. The van der Waals surface area contributed by atoms with Crippen LogP contribution in [0.5, 0.6) is 0 Å². The van der Waals surface area contributed by atoms with Crippen molar-refractivity contribution in [1.29, 1.82) is 0 Å². The van der Waals surface area contributed by atoms with Crippen molar-refractivity contribution >= 4 is 50.6 Å². The van der Waals surface area contributed by atoms with Crippen LogP contribution in [0.25, 0.3) is 33.5 Å². The number of rotatable bonds is 5. The Morgan fingerprint density at radius 2 is 2.14 bits per heavy atom. The van der Waals surface area contributed by atoms with Gasteiger partial charge in [0.2, 0.25) is 0 Å². The quantitative estimate of drug-likeness (QED) is 0.314. The first kappa shape index (κ1) is 19.8. The Balaban J connectivity index is 1.80. The molecular formula is C21H23IN6O. The topological polar surface area (TPSA) is 88.5 Å². The molecule has 3 aromatic heterocycles. The van der Waals surface area contributed by atoms with Crippen LogP contribution >= 0.6 is 22.6 Å². The van der Waals surface area contributed by atoms with E-state index in [-0.39, 0.29) is 11.4 Å². The molecule has 1 aromatic carbocycles. The van der Waals surface area contributed by atoms with Gasteiger partial charge in [-0.3, -0.25) is 9.48 Å². The third-order valence-electron chi connectivity index (χ3n) is 5.27. The van der Waals surface area contributed by atoms with Crippen LogP contribution in [0, 0.1) is 0 Å². The molecule has 4 rings (SSSR count). The van der Waals surface area contributed by atoms with Gasteiger partial charge in [0.15, 0.2) is 5.65 Å². The van der Waals surface area contributed by atoms with E-state index in [1.165, 1.54) is 5.56 Å². The minimum Gasteiger partial charge on any atom is -0.347 e. The van der Waals surface area contributed by atoms with Crippen molar-refractivity contribution in [2.24, 2.45) is 7.05 Å². The fraction of sp³-hybridized carbons (Fsp3) is 0.333. The number of alkyl halides is 1. The van der Waals surface area contributed by atoms with Crippen molar-refractivity contribution < 1.29 is 4.79 Å². The maximum atomic E-state index is 12.8. The number of aromatic nitrogens is 5. The van der Waals surface area contributed by atoms with Gasteiger partial charge >= 0.3 is 0 Å². The predicted octanol–water partition coefficient (Wildman–Crippen LogP) is 4.37. The van der Waals surface area contributed by atoms with E-state index < -0.39 is 0 Å². The number of amides is 1. The van der Waals surface area contributed by atoms with E-state index in [1.54, 1.807) is 12.4 Å². The lowest BCUT2D eigenvalue weighted by Crippen LogP contribution is -2.42. The fourth-order valence-corrected chi connectivity index (χ4v) is 3.69. The van der Waals surface area contributed by atoms with E-state index in [0.29, 0.717) is 22.4 Å². The molecule has 0 saturated heterocycles. The van der Waals surface area contributed by atoms with E-state index in [9.17, 15) is 4.79 Å². The summed E-state index contributed by atoms with van der Waals surface area (Å²) in [4.78, 5) is 25.1. The highest BCUT2D eigenvalue weighted by molar-refractivity contribution is 14.1. The van der Waals surface area contributed by atoms with Gasteiger partial charge in [-0.2, -0.15) is 5.10 Å². The molecule has 0 aliphatic rings. The van der Waals surface area contributed by atoms with E-state index >= 15 is 0 Å². The van der Waals surface area contributed by atoms with E-state index in [2.05, 4.69) is 61.2 Å². The molecule has 29 heavy (non-hydrogen) atoms. The summed E-state index contributed by atoms with van der Waals surface area (Å²) in [6, 6.07) is 6.33. The highest BCUT2D eigenvalue weighted by atomic mass is 127. The number of aryl methyl sites for hydroxylation is 1. The summed E-state index contributed by atoms with van der Waals surface area (Å²) in [7, 11) is 1.93. The molecule has 3 heterocycles. The SMILES string of the molecule is CCC(C)(C)NC(=O)c1c[nH]c2ncc(-c3nn(C)c4cc(CI)ccc34)nc12. The van der Waals surface area contributed by atoms with E-state index in [1.807, 2.05) is 32.5 Å². The number of carbonyl (C=O) groups is 1. The van der Waals surface area contributed by atoms with Crippen molar-refractivity contribution in [1.82, 2.24) is 30.0 Å². The number of fused-ring (bicyclic) bond motifs is 2. The molecule has 1 amide bonds. The molecule has 7 nitrogen and oxygen atoms in total. The summed E-state index contributed by atoms with van der Waals surface area (Å²) in [5.41, 5.74) is 5.04. The zero-order valence-electron chi connectivity index (χ0n) is 16.9. The molecule has 150 valence electrons.